The van der Waals surface area contributed by atoms with Crippen LogP contribution in [-0.4, -0.2) is 16.0 Å². The zero-order valence-electron chi connectivity index (χ0n) is 12.0. The molecule has 4 heteroatoms. The average molecular weight is 296 g/mol. The lowest BCUT2D eigenvalue weighted by Gasteiger charge is -2.27. The molecule has 2 aromatic carbocycles. The number of benzene rings is 2. The predicted molar refractivity (Wildman–Crippen MR) is 82.4 cm³/mol. The van der Waals surface area contributed by atoms with Gasteiger partial charge in [-0.15, -0.1) is 6.58 Å². The quantitative estimate of drug-likeness (QED) is 0.850. The molecular weight excluding hydrogens is 280 g/mol. The Balaban J connectivity index is 2.04. The molecule has 1 aliphatic heterocycles. The summed E-state index contributed by atoms with van der Waals surface area (Å²) in [7, 11) is 0. The fourth-order valence-corrected chi connectivity index (χ4v) is 2.70. The van der Waals surface area contributed by atoms with Crippen molar-refractivity contribution in [2.24, 2.45) is 0 Å². The van der Waals surface area contributed by atoms with Crippen LogP contribution in [0.4, 0.5) is 0 Å². The SMILES string of the molecule is C=CCc1c(O)cc2c(c1O)C(=O)CC(c1ccccc1)O2. The number of carbonyl (C=O) groups excluding carboxylic acids is 1. The van der Waals surface area contributed by atoms with E-state index in [1.165, 1.54) is 6.07 Å². The fraction of sp³-hybridized carbons (Fsp3) is 0.167. The van der Waals surface area contributed by atoms with Crippen molar-refractivity contribution in [1.82, 2.24) is 0 Å². The van der Waals surface area contributed by atoms with E-state index in [0.29, 0.717) is 5.56 Å². The number of hydrogen-bond donors (Lipinski definition) is 2. The van der Waals surface area contributed by atoms with Crippen LogP contribution in [0.25, 0.3) is 0 Å². The molecule has 1 aliphatic rings. The molecule has 1 unspecified atom stereocenters. The zero-order chi connectivity index (χ0) is 15.7. The Morgan fingerprint density at radius 2 is 2.00 bits per heavy atom. The van der Waals surface area contributed by atoms with E-state index >= 15 is 0 Å². The Hall–Kier alpha value is -2.75. The topological polar surface area (TPSA) is 66.8 Å². The van der Waals surface area contributed by atoms with Crippen molar-refractivity contribution in [3.05, 3.63) is 65.7 Å². The Morgan fingerprint density at radius 3 is 2.68 bits per heavy atom. The number of rotatable bonds is 3. The summed E-state index contributed by atoms with van der Waals surface area (Å²) in [5.41, 5.74) is 1.32. The molecule has 4 nitrogen and oxygen atoms in total. The second-order valence-corrected chi connectivity index (χ2v) is 5.23. The van der Waals surface area contributed by atoms with Gasteiger partial charge in [0.05, 0.1) is 6.42 Å². The predicted octanol–water partition coefficient (Wildman–Crippen LogP) is 3.53. The van der Waals surface area contributed by atoms with Crippen LogP contribution in [0, 0.1) is 0 Å². The van der Waals surface area contributed by atoms with E-state index in [0.717, 1.165) is 5.56 Å². The molecule has 0 saturated heterocycles. The van der Waals surface area contributed by atoms with Gasteiger partial charge in [-0.1, -0.05) is 36.4 Å². The minimum absolute atomic E-state index is 0.0994. The molecule has 2 aromatic rings. The van der Waals surface area contributed by atoms with Gasteiger partial charge in [-0.25, -0.2) is 0 Å². The van der Waals surface area contributed by atoms with Gasteiger partial charge in [0.25, 0.3) is 0 Å². The maximum atomic E-state index is 12.4. The summed E-state index contributed by atoms with van der Waals surface area (Å²) in [6.45, 7) is 3.58. The van der Waals surface area contributed by atoms with Gasteiger partial charge in [0.1, 0.15) is 28.9 Å². The third-order valence-electron chi connectivity index (χ3n) is 3.78. The van der Waals surface area contributed by atoms with Gasteiger partial charge in [-0.3, -0.25) is 4.79 Å². The first kappa shape index (κ1) is 14.2. The van der Waals surface area contributed by atoms with E-state index in [-0.39, 0.29) is 41.4 Å². The number of ether oxygens (including phenoxy) is 1. The fourth-order valence-electron chi connectivity index (χ4n) is 2.70. The summed E-state index contributed by atoms with van der Waals surface area (Å²) in [5.74, 6) is -0.296. The second-order valence-electron chi connectivity index (χ2n) is 5.23. The highest BCUT2D eigenvalue weighted by Crippen LogP contribution is 2.44. The van der Waals surface area contributed by atoms with E-state index in [1.54, 1.807) is 6.08 Å². The summed E-state index contributed by atoms with van der Waals surface area (Å²) >= 11 is 0. The Bertz CT molecular complexity index is 734. The van der Waals surface area contributed by atoms with Crippen LogP contribution in [0.3, 0.4) is 0 Å². The molecule has 0 spiro atoms. The summed E-state index contributed by atoms with van der Waals surface area (Å²) < 4.78 is 5.82. The minimum atomic E-state index is -0.412. The molecule has 0 aromatic heterocycles. The molecule has 0 amide bonds. The molecular formula is C18H16O4. The van der Waals surface area contributed by atoms with Crippen molar-refractivity contribution < 1.29 is 19.7 Å². The monoisotopic (exact) mass is 296 g/mol. The van der Waals surface area contributed by atoms with Crippen LogP contribution < -0.4 is 4.74 Å². The van der Waals surface area contributed by atoms with Gasteiger partial charge in [-0.2, -0.15) is 0 Å². The average Bonchev–Trinajstić information content (AvgIpc) is 2.51. The molecule has 1 atom stereocenters. The van der Waals surface area contributed by atoms with Gasteiger partial charge in [-0.05, 0) is 12.0 Å². The van der Waals surface area contributed by atoms with E-state index in [9.17, 15) is 15.0 Å². The summed E-state index contributed by atoms with van der Waals surface area (Å²) in [6, 6.07) is 10.8. The van der Waals surface area contributed by atoms with Gasteiger partial charge in [0, 0.05) is 11.6 Å². The highest BCUT2D eigenvalue weighted by Gasteiger charge is 2.32. The first-order chi connectivity index (χ1) is 10.6. The van der Waals surface area contributed by atoms with Crippen LogP contribution >= 0.6 is 0 Å². The number of fused-ring (bicyclic) bond motifs is 1. The van der Waals surface area contributed by atoms with E-state index < -0.39 is 6.10 Å². The number of ketones is 1. The van der Waals surface area contributed by atoms with Gasteiger partial charge < -0.3 is 14.9 Å². The minimum Gasteiger partial charge on any atom is -0.507 e. The normalized spacial score (nSPS) is 16.7. The number of carbonyl (C=O) groups is 1. The van der Waals surface area contributed by atoms with Crippen LogP contribution in [0.1, 0.15) is 34.0 Å². The number of phenols is 2. The number of hydrogen-bond acceptors (Lipinski definition) is 4. The molecule has 3 rings (SSSR count). The number of allylic oxidation sites excluding steroid dienone is 1. The smallest absolute Gasteiger partial charge is 0.174 e. The molecule has 0 aliphatic carbocycles. The standard InChI is InChI=1S/C18H16O4/c1-2-6-12-13(19)9-16-17(18(12)21)14(20)10-15(22-16)11-7-4-3-5-8-11/h2-5,7-9,15,19,21H,1,6,10H2. The van der Waals surface area contributed by atoms with Crippen molar-refractivity contribution >= 4 is 5.78 Å². The van der Waals surface area contributed by atoms with Crippen LogP contribution in [0.15, 0.2) is 49.1 Å². The van der Waals surface area contributed by atoms with Crippen molar-refractivity contribution in [2.45, 2.75) is 18.9 Å². The molecule has 22 heavy (non-hydrogen) atoms. The molecule has 0 fully saturated rings. The van der Waals surface area contributed by atoms with E-state index in [4.69, 9.17) is 4.74 Å². The van der Waals surface area contributed by atoms with Gasteiger partial charge in [0.15, 0.2) is 5.78 Å². The number of phenolic OH excluding ortho intramolecular Hbond substituents is 2. The van der Waals surface area contributed by atoms with Crippen molar-refractivity contribution in [2.75, 3.05) is 0 Å². The highest BCUT2D eigenvalue weighted by atomic mass is 16.5. The largest absolute Gasteiger partial charge is 0.507 e. The lowest BCUT2D eigenvalue weighted by Crippen LogP contribution is -2.20. The maximum Gasteiger partial charge on any atom is 0.174 e. The lowest BCUT2D eigenvalue weighted by atomic mass is 9.93. The maximum absolute atomic E-state index is 12.4. The summed E-state index contributed by atoms with van der Waals surface area (Å²) in [4.78, 5) is 12.4. The van der Waals surface area contributed by atoms with Crippen molar-refractivity contribution in [1.29, 1.82) is 0 Å². The summed E-state index contributed by atoms with van der Waals surface area (Å²) in [5, 5.41) is 20.3. The molecule has 0 radical (unpaired) electrons. The van der Waals surface area contributed by atoms with Crippen LogP contribution in [-0.2, 0) is 6.42 Å². The van der Waals surface area contributed by atoms with Crippen molar-refractivity contribution in [3.8, 4) is 17.2 Å². The van der Waals surface area contributed by atoms with E-state index in [2.05, 4.69) is 6.58 Å². The third-order valence-corrected chi connectivity index (χ3v) is 3.78. The molecule has 1 heterocycles. The first-order valence-electron chi connectivity index (χ1n) is 7.05. The van der Waals surface area contributed by atoms with Crippen LogP contribution in [0.5, 0.6) is 17.2 Å². The van der Waals surface area contributed by atoms with Gasteiger partial charge >= 0.3 is 0 Å². The Morgan fingerprint density at radius 1 is 1.27 bits per heavy atom. The lowest BCUT2D eigenvalue weighted by molar-refractivity contribution is 0.0844. The molecule has 0 saturated carbocycles. The summed E-state index contributed by atoms with van der Waals surface area (Å²) in [6.07, 6.45) is 1.58. The number of Topliss-reactive ketones (excluding diaryl/α,β-unsaturated/α-hetero) is 1. The van der Waals surface area contributed by atoms with Crippen molar-refractivity contribution in [3.63, 3.8) is 0 Å². The van der Waals surface area contributed by atoms with Crippen LogP contribution in [0.2, 0.25) is 0 Å². The highest BCUT2D eigenvalue weighted by molar-refractivity contribution is 6.03. The number of aromatic hydroxyl groups is 2. The first-order valence-corrected chi connectivity index (χ1v) is 7.05. The Labute approximate surface area is 128 Å². The van der Waals surface area contributed by atoms with Gasteiger partial charge in [0.2, 0.25) is 0 Å². The molecule has 112 valence electrons. The Kier molecular flexibility index (Phi) is 3.59. The molecule has 0 bridgehead atoms. The zero-order valence-corrected chi connectivity index (χ0v) is 12.0. The van der Waals surface area contributed by atoms with E-state index in [1.807, 2.05) is 30.3 Å². The second kappa shape index (κ2) is 5.56. The third kappa shape index (κ3) is 2.33. The molecule has 2 N–H and O–H groups in total.